The van der Waals surface area contributed by atoms with Crippen LogP contribution in [0, 0.1) is 11.8 Å². The molecule has 6 nitrogen and oxygen atoms in total. The van der Waals surface area contributed by atoms with Crippen LogP contribution in [-0.4, -0.2) is 43.0 Å². The first-order chi connectivity index (χ1) is 15.4. The molecule has 1 aliphatic rings. The van der Waals surface area contributed by atoms with Gasteiger partial charge in [0.15, 0.2) is 5.78 Å². The van der Waals surface area contributed by atoms with Crippen LogP contribution in [-0.2, 0) is 25.5 Å². The third kappa shape index (κ3) is 5.82. The molecule has 3 atom stereocenters. The summed E-state index contributed by atoms with van der Waals surface area (Å²) in [7, 11) is 0. The summed E-state index contributed by atoms with van der Waals surface area (Å²) in [5.74, 6) is -2.78. The van der Waals surface area contributed by atoms with Gasteiger partial charge in [0.25, 0.3) is 0 Å². The number of rotatable bonds is 9. The van der Waals surface area contributed by atoms with Crippen molar-refractivity contribution in [2.75, 3.05) is 19.7 Å². The van der Waals surface area contributed by atoms with E-state index in [0.29, 0.717) is 12.1 Å². The molecule has 0 aliphatic carbocycles. The van der Waals surface area contributed by atoms with E-state index < -0.39 is 23.5 Å². The number of Topliss-reactive ketones (excluding diaryl/α,β-unsaturated/α-hetero) is 1. The maximum atomic E-state index is 13.5. The van der Waals surface area contributed by atoms with Crippen LogP contribution in [0.15, 0.2) is 60.7 Å². The number of esters is 2. The van der Waals surface area contributed by atoms with Crippen molar-refractivity contribution in [3.8, 4) is 0 Å². The van der Waals surface area contributed by atoms with E-state index in [-0.39, 0.29) is 24.7 Å². The van der Waals surface area contributed by atoms with E-state index in [1.807, 2.05) is 36.4 Å². The summed E-state index contributed by atoms with van der Waals surface area (Å²) < 4.78 is 11.1. The van der Waals surface area contributed by atoms with Crippen molar-refractivity contribution < 1.29 is 23.9 Å². The van der Waals surface area contributed by atoms with Gasteiger partial charge in [0.05, 0.1) is 6.61 Å². The molecule has 0 spiro atoms. The van der Waals surface area contributed by atoms with Gasteiger partial charge in [-0.1, -0.05) is 60.7 Å². The number of carbonyl (C=O) groups is 3. The Labute approximate surface area is 189 Å². The predicted molar refractivity (Wildman–Crippen MR) is 121 cm³/mol. The monoisotopic (exact) mass is 437 g/mol. The van der Waals surface area contributed by atoms with Crippen LogP contribution < -0.4 is 5.32 Å². The number of ketones is 1. The summed E-state index contributed by atoms with van der Waals surface area (Å²) in [5.41, 5.74) is -0.242. The maximum absolute atomic E-state index is 13.5. The molecule has 2 aromatic carbocycles. The third-order valence-electron chi connectivity index (χ3n) is 5.82. The first kappa shape index (κ1) is 23.7. The van der Waals surface area contributed by atoms with Crippen molar-refractivity contribution in [3.63, 3.8) is 0 Å². The molecular formula is C26H31NO5. The lowest BCUT2D eigenvalue weighted by atomic mass is 9.81. The zero-order valence-electron chi connectivity index (χ0n) is 18.7. The largest absolute Gasteiger partial charge is 0.463 e. The number of ether oxygens (including phenoxy) is 2. The van der Waals surface area contributed by atoms with Crippen molar-refractivity contribution in [2.45, 2.75) is 38.7 Å². The zero-order valence-corrected chi connectivity index (χ0v) is 18.7. The normalized spacial score (nSPS) is 18.8. The van der Waals surface area contributed by atoms with E-state index in [2.05, 4.69) is 5.32 Å². The van der Waals surface area contributed by atoms with Crippen LogP contribution in [0.2, 0.25) is 0 Å². The van der Waals surface area contributed by atoms with E-state index in [4.69, 9.17) is 9.47 Å². The minimum Gasteiger partial charge on any atom is -0.463 e. The molecule has 0 bridgehead atoms. The van der Waals surface area contributed by atoms with Gasteiger partial charge >= 0.3 is 11.9 Å². The predicted octanol–water partition coefficient (Wildman–Crippen LogP) is 3.59. The molecule has 1 heterocycles. The van der Waals surface area contributed by atoms with Gasteiger partial charge < -0.3 is 14.8 Å². The second-order valence-corrected chi connectivity index (χ2v) is 8.35. The number of hydrogen-bond acceptors (Lipinski definition) is 6. The molecule has 0 amide bonds. The SMILES string of the molecule is CCOC(=O)[C@@](C)(Cc1ccccc1)OC(=O)[C@@H](C(=O)c1ccccc1)[C@H]1CCCNC1. The Kier molecular flexibility index (Phi) is 8.17. The van der Waals surface area contributed by atoms with Crippen LogP contribution in [0.5, 0.6) is 0 Å². The first-order valence-electron chi connectivity index (χ1n) is 11.2. The lowest BCUT2D eigenvalue weighted by Gasteiger charge is -2.33. The molecule has 0 aromatic heterocycles. The quantitative estimate of drug-likeness (QED) is 0.367. The van der Waals surface area contributed by atoms with Crippen molar-refractivity contribution in [1.82, 2.24) is 5.32 Å². The van der Waals surface area contributed by atoms with Crippen LogP contribution in [0.4, 0.5) is 0 Å². The minimum absolute atomic E-state index is 0.160. The molecule has 0 unspecified atom stereocenters. The summed E-state index contributed by atoms with van der Waals surface area (Å²) in [4.78, 5) is 39.7. The minimum atomic E-state index is -1.54. The molecule has 1 fully saturated rings. The van der Waals surface area contributed by atoms with Gasteiger partial charge in [-0.25, -0.2) is 4.79 Å². The highest BCUT2D eigenvalue weighted by Gasteiger charge is 2.44. The Bertz CT molecular complexity index is 908. The van der Waals surface area contributed by atoms with Crippen molar-refractivity contribution in [3.05, 3.63) is 71.8 Å². The molecule has 6 heteroatoms. The van der Waals surface area contributed by atoms with Crippen LogP contribution >= 0.6 is 0 Å². The van der Waals surface area contributed by atoms with Gasteiger partial charge in [-0.05, 0) is 51.3 Å². The first-order valence-corrected chi connectivity index (χ1v) is 11.2. The number of carbonyl (C=O) groups excluding carboxylic acids is 3. The smallest absolute Gasteiger partial charge is 0.350 e. The Morgan fingerprint density at radius 1 is 1.06 bits per heavy atom. The molecule has 32 heavy (non-hydrogen) atoms. The Morgan fingerprint density at radius 3 is 2.31 bits per heavy atom. The lowest BCUT2D eigenvalue weighted by molar-refractivity contribution is -0.183. The molecular weight excluding hydrogens is 406 g/mol. The summed E-state index contributed by atoms with van der Waals surface area (Å²) in [6, 6.07) is 18.1. The number of piperidine rings is 1. The highest BCUT2D eigenvalue weighted by Crippen LogP contribution is 2.29. The second-order valence-electron chi connectivity index (χ2n) is 8.35. The van der Waals surface area contributed by atoms with Crippen molar-refractivity contribution in [1.29, 1.82) is 0 Å². The summed E-state index contributed by atoms with van der Waals surface area (Å²) >= 11 is 0. The summed E-state index contributed by atoms with van der Waals surface area (Å²) in [5, 5.41) is 3.27. The molecule has 1 saturated heterocycles. The van der Waals surface area contributed by atoms with Crippen LogP contribution in [0.25, 0.3) is 0 Å². The summed E-state index contributed by atoms with van der Waals surface area (Å²) in [6.45, 7) is 4.83. The molecule has 170 valence electrons. The third-order valence-corrected chi connectivity index (χ3v) is 5.82. The topological polar surface area (TPSA) is 81.7 Å². The van der Waals surface area contributed by atoms with E-state index in [1.54, 1.807) is 38.1 Å². The molecule has 1 N–H and O–H groups in total. The maximum Gasteiger partial charge on any atom is 0.350 e. The van der Waals surface area contributed by atoms with Crippen LogP contribution in [0.1, 0.15) is 42.6 Å². The average molecular weight is 438 g/mol. The van der Waals surface area contributed by atoms with E-state index in [9.17, 15) is 14.4 Å². The molecule has 3 rings (SSSR count). The zero-order chi connectivity index (χ0) is 23.0. The Hall–Kier alpha value is -2.99. The van der Waals surface area contributed by atoms with E-state index in [0.717, 1.165) is 24.9 Å². The lowest BCUT2D eigenvalue weighted by Crippen LogP contribution is -2.48. The van der Waals surface area contributed by atoms with Gasteiger partial charge in [0.2, 0.25) is 5.60 Å². The molecule has 2 aromatic rings. The van der Waals surface area contributed by atoms with Crippen molar-refractivity contribution in [2.24, 2.45) is 11.8 Å². The number of nitrogens with one attached hydrogen (secondary N) is 1. The van der Waals surface area contributed by atoms with Crippen molar-refractivity contribution >= 4 is 17.7 Å². The van der Waals surface area contributed by atoms with E-state index in [1.165, 1.54) is 0 Å². The fraction of sp³-hybridized carbons (Fsp3) is 0.423. The second kappa shape index (κ2) is 11.0. The van der Waals surface area contributed by atoms with E-state index >= 15 is 0 Å². The molecule has 1 aliphatic heterocycles. The fourth-order valence-corrected chi connectivity index (χ4v) is 4.16. The average Bonchev–Trinajstić information content (AvgIpc) is 2.81. The summed E-state index contributed by atoms with van der Waals surface area (Å²) in [6.07, 6.45) is 1.77. The molecule has 0 saturated carbocycles. The van der Waals surface area contributed by atoms with Crippen LogP contribution in [0.3, 0.4) is 0 Å². The highest BCUT2D eigenvalue weighted by molar-refractivity contribution is 6.09. The van der Waals surface area contributed by atoms with Gasteiger partial charge in [-0.2, -0.15) is 0 Å². The number of hydrogen-bond donors (Lipinski definition) is 1. The fourth-order valence-electron chi connectivity index (χ4n) is 4.16. The highest BCUT2D eigenvalue weighted by atomic mass is 16.6. The van der Waals surface area contributed by atoms with Gasteiger partial charge in [-0.15, -0.1) is 0 Å². The number of benzene rings is 2. The molecule has 0 radical (unpaired) electrons. The van der Waals surface area contributed by atoms with Gasteiger partial charge in [-0.3, -0.25) is 9.59 Å². The standard InChI is InChI=1S/C26H31NO5/c1-3-31-25(30)26(2,17-19-11-6-4-7-12-19)32-24(29)22(21-15-10-16-27-18-21)23(28)20-13-8-5-9-14-20/h4-9,11-14,21-22,27H,3,10,15-18H2,1-2H3/t21-,22+,26+/m0/s1. The Morgan fingerprint density at radius 2 is 1.72 bits per heavy atom. The Balaban J connectivity index is 1.89. The van der Waals surface area contributed by atoms with Gasteiger partial charge in [0.1, 0.15) is 5.92 Å². The van der Waals surface area contributed by atoms with Gasteiger partial charge in [0, 0.05) is 12.0 Å².